The van der Waals surface area contributed by atoms with Gasteiger partial charge in [0.05, 0.1) is 0 Å². The van der Waals surface area contributed by atoms with Crippen LogP contribution in [0.5, 0.6) is 0 Å². The maximum atomic E-state index is 13.8. The summed E-state index contributed by atoms with van der Waals surface area (Å²) in [7, 11) is 0. The lowest BCUT2D eigenvalue weighted by Crippen LogP contribution is -2.38. The molecule has 1 heterocycles. The third kappa shape index (κ3) is 3.52. The van der Waals surface area contributed by atoms with Gasteiger partial charge in [0, 0.05) is 24.6 Å². The Labute approximate surface area is 112 Å². The van der Waals surface area contributed by atoms with Gasteiger partial charge in [-0.2, -0.15) is 0 Å². The zero-order valence-corrected chi connectivity index (χ0v) is 10.9. The van der Waals surface area contributed by atoms with E-state index < -0.39 is 0 Å². The summed E-state index contributed by atoms with van der Waals surface area (Å²) in [4.78, 5) is 13.2. The average Bonchev–Trinajstić information content (AvgIpc) is 2.41. The Morgan fingerprint density at radius 1 is 1.37 bits per heavy atom. The van der Waals surface area contributed by atoms with Crippen molar-refractivity contribution >= 4 is 5.91 Å². The van der Waals surface area contributed by atoms with Gasteiger partial charge in [-0.15, -0.1) is 0 Å². The molecule has 19 heavy (non-hydrogen) atoms. The predicted molar refractivity (Wildman–Crippen MR) is 71.5 cm³/mol. The van der Waals surface area contributed by atoms with Gasteiger partial charge in [-0.25, -0.2) is 4.39 Å². The molecule has 1 aromatic carbocycles. The average molecular weight is 265 g/mol. The van der Waals surface area contributed by atoms with Crippen LogP contribution in [0, 0.1) is 11.7 Å². The molecule has 0 radical (unpaired) electrons. The van der Waals surface area contributed by atoms with Gasteiger partial charge >= 0.3 is 0 Å². The Bertz CT molecular complexity index is 456. The van der Waals surface area contributed by atoms with E-state index in [1.54, 1.807) is 6.07 Å². The van der Waals surface area contributed by atoms with Crippen molar-refractivity contribution < 1.29 is 9.18 Å². The molecule has 0 unspecified atom stereocenters. The highest BCUT2D eigenvalue weighted by Gasteiger charge is 2.23. The normalized spacial score (nSPS) is 17.6. The summed E-state index contributed by atoms with van der Waals surface area (Å²) in [5.41, 5.74) is 12.2. The van der Waals surface area contributed by atoms with Crippen LogP contribution < -0.4 is 11.5 Å². The maximum absolute atomic E-state index is 13.8. The second kappa shape index (κ2) is 6.12. The monoisotopic (exact) mass is 265 g/mol. The molecule has 0 bridgehead atoms. The number of amides is 1. The largest absolute Gasteiger partial charge is 0.369 e. The number of likely N-dealkylation sites (tertiary alicyclic amines) is 1. The molecule has 1 aliphatic rings. The first kappa shape index (κ1) is 14.0. The Morgan fingerprint density at radius 3 is 2.58 bits per heavy atom. The summed E-state index contributed by atoms with van der Waals surface area (Å²) in [6, 6.07) is 5.14. The second-order valence-corrected chi connectivity index (χ2v) is 5.08. The summed E-state index contributed by atoms with van der Waals surface area (Å²) in [6.45, 7) is 2.49. The number of carbonyl (C=O) groups excluding carboxylic acids is 1. The molecule has 0 aliphatic carbocycles. The molecule has 1 amide bonds. The number of nitrogens with two attached hydrogens (primary N) is 2. The van der Waals surface area contributed by atoms with E-state index in [9.17, 15) is 9.18 Å². The van der Waals surface area contributed by atoms with Gasteiger partial charge in [-0.1, -0.05) is 12.1 Å². The van der Waals surface area contributed by atoms with Crippen molar-refractivity contribution in [3.05, 3.63) is 35.1 Å². The number of halogens is 1. The fourth-order valence-electron chi connectivity index (χ4n) is 2.46. The first-order valence-electron chi connectivity index (χ1n) is 6.59. The van der Waals surface area contributed by atoms with Crippen molar-refractivity contribution in [1.82, 2.24) is 4.90 Å². The predicted octanol–water partition coefficient (Wildman–Crippen LogP) is 0.982. The highest BCUT2D eigenvalue weighted by molar-refractivity contribution is 5.76. The van der Waals surface area contributed by atoms with Crippen LogP contribution in [0.25, 0.3) is 0 Å². The van der Waals surface area contributed by atoms with E-state index in [1.807, 2.05) is 6.07 Å². The quantitative estimate of drug-likeness (QED) is 0.852. The van der Waals surface area contributed by atoms with E-state index >= 15 is 0 Å². The summed E-state index contributed by atoms with van der Waals surface area (Å²) >= 11 is 0. The molecular weight excluding hydrogens is 245 g/mol. The van der Waals surface area contributed by atoms with Crippen molar-refractivity contribution in [2.75, 3.05) is 13.1 Å². The molecule has 0 aromatic heterocycles. The molecule has 1 fully saturated rings. The SMILES string of the molecule is NCc1ccc(CN2CCC(C(N)=O)CC2)c(F)c1. The molecule has 1 saturated heterocycles. The Balaban J connectivity index is 1.94. The van der Waals surface area contributed by atoms with Gasteiger partial charge < -0.3 is 11.5 Å². The number of piperidine rings is 1. The summed E-state index contributed by atoms with van der Waals surface area (Å²) in [6.07, 6.45) is 1.52. The highest BCUT2D eigenvalue weighted by atomic mass is 19.1. The highest BCUT2D eigenvalue weighted by Crippen LogP contribution is 2.20. The van der Waals surface area contributed by atoms with E-state index in [1.165, 1.54) is 6.07 Å². The molecule has 4 nitrogen and oxygen atoms in total. The van der Waals surface area contributed by atoms with E-state index in [2.05, 4.69) is 4.90 Å². The van der Waals surface area contributed by atoms with E-state index in [-0.39, 0.29) is 17.6 Å². The van der Waals surface area contributed by atoms with Crippen molar-refractivity contribution in [1.29, 1.82) is 0 Å². The fourth-order valence-corrected chi connectivity index (χ4v) is 2.46. The van der Waals surface area contributed by atoms with E-state index in [4.69, 9.17) is 11.5 Å². The molecule has 5 heteroatoms. The zero-order valence-electron chi connectivity index (χ0n) is 10.9. The Hall–Kier alpha value is -1.46. The lowest BCUT2D eigenvalue weighted by Gasteiger charge is -2.30. The van der Waals surface area contributed by atoms with Gasteiger partial charge in [-0.05, 0) is 37.6 Å². The summed E-state index contributed by atoms with van der Waals surface area (Å²) in [5.74, 6) is -0.459. The lowest BCUT2D eigenvalue weighted by atomic mass is 9.96. The zero-order chi connectivity index (χ0) is 13.8. The number of benzene rings is 1. The van der Waals surface area contributed by atoms with Gasteiger partial charge in [0.25, 0.3) is 0 Å². The van der Waals surface area contributed by atoms with E-state index in [0.717, 1.165) is 31.5 Å². The minimum atomic E-state index is -0.224. The third-order valence-electron chi connectivity index (χ3n) is 3.74. The first-order valence-corrected chi connectivity index (χ1v) is 6.59. The van der Waals surface area contributed by atoms with Gasteiger partial charge in [0.1, 0.15) is 5.82 Å². The minimum Gasteiger partial charge on any atom is -0.369 e. The van der Waals surface area contributed by atoms with Crippen LogP contribution in [0.1, 0.15) is 24.0 Å². The van der Waals surface area contributed by atoms with Crippen LogP contribution in [0.3, 0.4) is 0 Å². The third-order valence-corrected chi connectivity index (χ3v) is 3.74. The van der Waals surface area contributed by atoms with Gasteiger partial charge in [0.15, 0.2) is 0 Å². The number of nitrogens with zero attached hydrogens (tertiary/aromatic N) is 1. The van der Waals surface area contributed by atoms with Crippen LogP contribution in [0.15, 0.2) is 18.2 Å². The molecule has 0 saturated carbocycles. The minimum absolute atomic E-state index is 0.0271. The molecule has 1 aliphatic heterocycles. The lowest BCUT2D eigenvalue weighted by molar-refractivity contribution is -0.123. The topological polar surface area (TPSA) is 72.3 Å². The number of rotatable bonds is 4. The standard InChI is InChI=1S/C14H20FN3O/c15-13-7-10(8-16)1-2-12(13)9-18-5-3-11(4-6-18)14(17)19/h1-2,7,11H,3-6,8-9,16H2,(H2,17,19). The molecule has 0 atom stereocenters. The Morgan fingerprint density at radius 2 is 2.05 bits per heavy atom. The summed E-state index contributed by atoms with van der Waals surface area (Å²) < 4.78 is 13.8. The van der Waals surface area contributed by atoms with Crippen LogP contribution >= 0.6 is 0 Å². The number of carbonyl (C=O) groups is 1. The van der Waals surface area contributed by atoms with Crippen LogP contribution in [0.2, 0.25) is 0 Å². The Kier molecular flexibility index (Phi) is 4.50. The van der Waals surface area contributed by atoms with Crippen molar-refractivity contribution in [3.8, 4) is 0 Å². The fraction of sp³-hybridized carbons (Fsp3) is 0.500. The number of hydrogen-bond acceptors (Lipinski definition) is 3. The van der Waals surface area contributed by atoms with Crippen molar-refractivity contribution in [2.45, 2.75) is 25.9 Å². The number of primary amides is 1. The second-order valence-electron chi connectivity index (χ2n) is 5.08. The van der Waals surface area contributed by atoms with Gasteiger partial charge in [0.2, 0.25) is 5.91 Å². The number of hydrogen-bond donors (Lipinski definition) is 2. The van der Waals surface area contributed by atoms with Crippen molar-refractivity contribution in [3.63, 3.8) is 0 Å². The van der Waals surface area contributed by atoms with Crippen LogP contribution in [0.4, 0.5) is 4.39 Å². The molecule has 104 valence electrons. The molecule has 2 rings (SSSR count). The van der Waals surface area contributed by atoms with Gasteiger partial charge in [-0.3, -0.25) is 9.69 Å². The van der Waals surface area contributed by atoms with Crippen molar-refractivity contribution in [2.24, 2.45) is 17.4 Å². The molecule has 4 N–H and O–H groups in total. The molecular formula is C14H20FN3O. The molecule has 0 spiro atoms. The first-order chi connectivity index (χ1) is 9.10. The van der Waals surface area contributed by atoms with Crippen LogP contribution in [-0.2, 0) is 17.9 Å². The molecule has 1 aromatic rings. The van der Waals surface area contributed by atoms with E-state index in [0.29, 0.717) is 18.7 Å². The smallest absolute Gasteiger partial charge is 0.220 e. The maximum Gasteiger partial charge on any atom is 0.220 e. The summed E-state index contributed by atoms with van der Waals surface area (Å²) in [5, 5.41) is 0. The van der Waals surface area contributed by atoms with Crippen LogP contribution in [-0.4, -0.2) is 23.9 Å².